The Morgan fingerprint density at radius 3 is 2.29 bits per heavy atom. The first-order valence-electron chi connectivity index (χ1n) is 9.93. The minimum Gasteiger partial charge on any atom is -0.284 e. The standard InChI is InChI=1S/C20H21FN2O2S.C2H6/c1-11(2)10-22-19-17(18(24)23(20(22)25)15-8-9-15)16(12(3)26-19)13-4-6-14(21)7-5-13;1-2/h4-7,11,15H,8-10H2,1-3H3;1-2H3. The van der Waals surface area contributed by atoms with Crippen molar-refractivity contribution < 1.29 is 4.39 Å². The van der Waals surface area contributed by atoms with Crippen LogP contribution in [0.1, 0.15) is 51.5 Å². The van der Waals surface area contributed by atoms with Gasteiger partial charge in [-0.3, -0.25) is 13.9 Å². The van der Waals surface area contributed by atoms with Crippen LogP contribution in [0.25, 0.3) is 21.3 Å². The van der Waals surface area contributed by atoms with Gasteiger partial charge in [0.1, 0.15) is 10.6 Å². The lowest BCUT2D eigenvalue weighted by molar-refractivity contribution is 0.493. The summed E-state index contributed by atoms with van der Waals surface area (Å²) in [4.78, 5) is 27.9. The summed E-state index contributed by atoms with van der Waals surface area (Å²) in [6.07, 6.45) is 1.74. The molecular formula is C22H27FN2O2S. The van der Waals surface area contributed by atoms with Gasteiger partial charge in [-0.2, -0.15) is 0 Å². The zero-order chi connectivity index (χ0) is 20.6. The van der Waals surface area contributed by atoms with Crippen LogP contribution in [0.5, 0.6) is 0 Å². The fraction of sp³-hybridized carbons (Fsp3) is 0.455. The molecule has 0 N–H and O–H groups in total. The van der Waals surface area contributed by atoms with E-state index >= 15 is 0 Å². The highest BCUT2D eigenvalue weighted by atomic mass is 32.1. The summed E-state index contributed by atoms with van der Waals surface area (Å²) >= 11 is 1.47. The van der Waals surface area contributed by atoms with Gasteiger partial charge in [-0.25, -0.2) is 9.18 Å². The first-order valence-corrected chi connectivity index (χ1v) is 10.7. The average molecular weight is 403 g/mol. The van der Waals surface area contributed by atoms with Crippen molar-refractivity contribution in [3.05, 3.63) is 55.8 Å². The molecule has 28 heavy (non-hydrogen) atoms. The van der Waals surface area contributed by atoms with Gasteiger partial charge in [0.05, 0.1) is 5.39 Å². The van der Waals surface area contributed by atoms with Gasteiger partial charge >= 0.3 is 5.69 Å². The molecule has 0 aliphatic heterocycles. The lowest BCUT2D eigenvalue weighted by atomic mass is 10.0. The first kappa shape index (κ1) is 20.5. The van der Waals surface area contributed by atoms with E-state index in [4.69, 9.17) is 0 Å². The van der Waals surface area contributed by atoms with Crippen molar-refractivity contribution >= 4 is 21.6 Å². The first-order chi connectivity index (χ1) is 13.4. The predicted octanol–water partition coefficient (Wildman–Crippen LogP) is 5.36. The molecule has 0 amide bonds. The van der Waals surface area contributed by atoms with Crippen molar-refractivity contribution in [2.75, 3.05) is 0 Å². The van der Waals surface area contributed by atoms with Gasteiger partial charge in [0.2, 0.25) is 0 Å². The van der Waals surface area contributed by atoms with Gasteiger partial charge in [-0.15, -0.1) is 11.3 Å². The Bertz CT molecular complexity index is 1100. The van der Waals surface area contributed by atoms with Crippen LogP contribution in [0.2, 0.25) is 0 Å². The highest BCUT2D eigenvalue weighted by Gasteiger charge is 2.30. The smallest absolute Gasteiger partial charge is 0.284 e. The van der Waals surface area contributed by atoms with Crippen LogP contribution in [0.3, 0.4) is 0 Å². The maximum absolute atomic E-state index is 13.4. The van der Waals surface area contributed by atoms with Crippen LogP contribution in [0.4, 0.5) is 4.39 Å². The summed E-state index contributed by atoms with van der Waals surface area (Å²) in [5, 5.41) is 0.589. The van der Waals surface area contributed by atoms with Gasteiger partial charge in [-0.1, -0.05) is 39.8 Å². The van der Waals surface area contributed by atoms with Crippen molar-refractivity contribution in [1.82, 2.24) is 9.13 Å². The molecule has 0 unspecified atom stereocenters. The molecule has 0 atom stereocenters. The third-order valence-corrected chi connectivity index (χ3v) is 5.90. The molecule has 4 nitrogen and oxygen atoms in total. The van der Waals surface area contributed by atoms with Crippen molar-refractivity contribution in [2.24, 2.45) is 5.92 Å². The Morgan fingerprint density at radius 1 is 1.14 bits per heavy atom. The second kappa shape index (κ2) is 8.03. The van der Waals surface area contributed by atoms with E-state index in [0.717, 1.165) is 33.7 Å². The monoisotopic (exact) mass is 402 g/mol. The van der Waals surface area contributed by atoms with E-state index in [2.05, 4.69) is 13.8 Å². The number of benzene rings is 1. The number of nitrogens with zero attached hydrogens (tertiary/aromatic N) is 2. The van der Waals surface area contributed by atoms with E-state index in [1.54, 1.807) is 16.7 Å². The third kappa shape index (κ3) is 3.58. The Kier molecular flexibility index (Phi) is 5.89. The SMILES string of the molecule is CC.Cc1sc2c(c1-c1ccc(F)cc1)c(=O)n(C1CC1)c(=O)n2CC(C)C. The maximum Gasteiger partial charge on any atom is 0.332 e. The minimum absolute atomic E-state index is 0.0130. The molecule has 0 radical (unpaired) electrons. The fourth-order valence-corrected chi connectivity index (χ4v) is 4.65. The number of aromatic nitrogens is 2. The normalized spacial score (nSPS) is 13.7. The molecule has 1 aliphatic carbocycles. The number of aryl methyl sites for hydroxylation is 1. The molecule has 0 spiro atoms. The van der Waals surface area contributed by atoms with Crippen molar-refractivity contribution in [1.29, 1.82) is 0 Å². The number of thiophene rings is 1. The van der Waals surface area contributed by atoms with Crippen LogP contribution in [0.15, 0.2) is 33.9 Å². The lowest BCUT2D eigenvalue weighted by Crippen LogP contribution is -2.39. The molecule has 0 bridgehead atoms. The molecule has 4 rings (SSSR count). The summed E-state index contributed by atoms with van der Waals surface area (Å²) in [5.41, 5.74) is 1.22. The minimum atomic E-state index is -0.307. The Labute approximate surface area is 168 Å². The summed E-state index contributed by atoms with van der Waals surface area (Å²) in [7, 11) is 0. The predicted molar refractivity (Wildman–Crippen MR) is 115 cm³/mol. The van der Waals surface area contributed by atoms with Gasteiger partial charge < -0.3 is 0 Å². The van der Waals surface area contributed by atoms with Crippen LogP contribution < -0.4 is 11.2 Å². The third-order valence-electron chi connectivity index (χ3n) is 4.77. The van der Waals surface area contributed by atoms with Gasteiger partial charge in [-0.05, 0) is 43.4 Å². The average Bonchev–Trinajstić information content (AvgIpc) is 3.43. The number of hydrogen-bond donors (Lipinski definition) is 0. The number of rotatable bonds is 4. The Hall–Kier alpha value is -2.21. The largest absolute Gasteiger partial charge is 0.332 e. The quantitative estimate of drug-likeness (QED) is 0.590. The number of halogens is 1. The van der Waals surface area contributed by atoms with E-state index in [9.17, 15) is 14.0 Å². The molecule has 3 aromatic rings. The van der Waals surface area contributed by atoms with E-state index in [1.165, 1.54) is 28.0 Å². The maximum atomic E-state index is 13.4. The topological polar surface area (TPSA) is 44.0 Å². The zero-order valence-electron chi connectivity index (χ0n) is 17.1. The summed E-state index contributed by atoms with van der Waals surface area (Å²) in [6, 6.07) is 6.22. The van der Waals surface area contributed by atoms with Gasteiger partial charge in [0.15, 0.2) is 0 Å². The molecule has 150 valence electrons. The van der Waals surface area contributed by atoms with Crippen LogP contribution in [-0.2, 0) is 6.54 Å². The van der Waals surface area contributed by atoms with Gasteiger partial charge in [0.25, 0.3) is 5.56 Å². The molecule has 6 heteroatoms. The summed E-state index contributed by atoms with van der Waals surface area (Å²) in [6.45, 7) is 10.7. The van der Waals surface area contributed by atoms with E-state index in [0.29, 0.717) is 11.9 Å². The van der Waals surface area contributed by atoms with Crippen molar-refractivity contribution in [3.63, 3.8) is 0 Å². The summed E-state index contributed by atoms with van der Waals surface area (Å²) < 4.78 is 16.5. The highest BCUT2D eigenvalue weighted by molar-refractivity contribution is 7.19. The number of hydrogen-bond acceptors (Lipinski definition) is 3. The molecule has 2 aromatic heterocycles. The van der Waals surface area contributed by atoms with Crippen molar-refractivity contribution in [2.45, 2.75) is 60.0 Å². The lowest BCUT2D eigenvalue weighted by Gasteiger charge is -2.13. The van der Waals surface area contributed by atoms with Crippen molar-refractivity contribution in [3.8, 4) is 11.1 Å². The molecule has 1 saturated carbocycles. The van der Waals surface area contributed by atoms with E-state index in [1.807, 2.05) is 20.8 Å². The summed E-state index contributed by atoms with van der Waals surface area (Å²) in [5.74, 6) is -0.0178. The van der Waals surface area contributed by atoms with Crippen LogP contribution in [0, 0.1) is 18.7 Å². The molecule has 1 aromatic carbocycles. The Balaban J connectivity index is 0.00000109. The molecule has 0 saturated heterocycles. The van der Waals surface area contributed by atoms with Crippen LogP contribution in [-0.4, -0.2) is 9.13 Å². The second-order valence-electron chi connectivity index (χ2n) is 7.41. The van der Waals surface area contributed by atoms with Crippen LogP contribution >= 0.6 is 11.3 Å². The Morgan fingerprint density at radius 2 is 1.75 bits per heavy atom. The molecule has 2 heterocycles. The highest BCUT2D eigenvalue weighted by Crippen LogP contribution is 2.38. The van der Waals surface area contributed by atoms with Gasteiger partial charge in [0, 0.05) is 23.0 Å². The van der Waals surface area contributed by atoms with E-state index in [-0.39, 0.29) is 29.0 Å². The molecule has 1 aliphatic rings. The zero-order valence-corrected chi connectivity index (χ0v) is 17.9. The second-order valence-corrected chi connectivity index (χ2v) is 8.62. The molecular weight excluding hydrogens is 375 g/mol. The van der Waals surface area contributed by atoms with E-state index < -0.39 is 0 Å². The number of fused-ring (bicyclic) bond motifs is 1. The molecule has 1 fully saturated rings. The fourth-order valence-electron chi connectivity index (χ4n) is 3.49.